The molecule has 0 aromatic rings. The van der Waals surface area contributed by atoms with Crippen LogP contribution in [0.2, 0.25) is 0 Å². The predicted molar refractivity (Wildman–Crippen MR) is 104 cm³/mol. The number of thioether (sulfide) groups is 2. The second-order valence-electron chi connectivity index (χ2n) is 7.22. The topological polar surface area (TPSA) is 82.1 Å². The van der Waals surface area contributed by atoms with Crippen molar-refractivity contribution in [3.05, 3.63) is 10.3 Å². The second-order valence-corrected chi connectivity index (χ2v) is 9.80. The average Bonchev–Trinajstić information content (AvgIpc) is 3.06. The Balaban J connectivity index is 1.76. The first-order valence-electron chi connectivity index (χ1n) is 9.40. The summed E-state index contributed by atoms with van der Waals surface area (Å²) >= 11 is 3.33. The van der Waals surface area contributed by atoms with Crippen molar-refractivity contribution in [2.75, 3.05) is 52.6 Å². The standard InChI is InChI=1S/C18H28N2O5S2/c1-12(2)15(18(22)23)13(21)11-14-26-16(19-3-7-24-8-4-19)17(27-14)20-5-9-25-10-6-20/h11-12,15-17H,3-10H2,1-2H3,(H,22,23)/p-1. The molecule has 0 bridgehead atoms. The molecule has 0 saturated carbocycles. The van der Waals surface area contributed by atoms with Crippen LogP contribution < -0.4 is 5.11 Å². The van der Waals surface area contributed by atoms with Gasteiger partial charge in [0, 0.05) is 36.5 Å². The van der Waals surface area contributed by atoms with Crippen LogP contribution in [0.1, 0.15) is 13.8 Å². The summed E-state index contributed by atoms with van der Waals surface area (Å²) in [6.07, 6.45) is 1.52. The Bertz CT molecular complexity index is 546. The van der Waals surface area contributed by atoms with E-state index in [0.29, 0.717) is 0 Å². The molecule has 3 aliphatic heterocycles. The maximum absolute atomic E-state index is 12.6. The Kier molecular flexibility index (Phi) is 7.64. The summed E-state index contributed by atoms with van der Waals surface area (Å²) < 4.78 is 11.9. The van der Waals surface area contributed by atoms with E-state index in [2.05, 4.69) is 9.80 Å². The first-order valence-corrected chi connectivity index (χ1v) is 11.2. The highest BCUT2D eigenvalue weighted by Gasteiger charge is 2.41. The zero-order valence-electron chi connectivity index (χ0n) is 15.8. The Labute approximate surface area is 168 Å². The molecule has 3 rings (SSSR count). The highest BCUT2D eigenvalue weighted by Crippen LogP contribution is 2.49. The summed E-state index contributed by atoms with van der Waals surface area (Å²) in [5.41, 5.74) is 0. The fourth-order valence-electron chi connectivity index (χ4n) is 3.55. The van der Waals surface area contributed by atoms with Gasteiger partial charge in [-0.2, -0.15) is 0 Å². The number of ether oxygens (including phenoxy) is 2. The number of hydrogen-bond acceptors (Lipinski definition) is 9. The predicted octanol–water partition coefficient (Wildman–Crippen LogP) is 0.216. The van der Waals surface area contributed by atoms with Gasteiger partial charge in [0.1, 0.15) is 0 Å². The highest BCUT2D eigenvalue weighted by atomic mass is 32.2. The lowest BCUT2D eigenvalue weighted by Gasteiger charge is -2.39. The third-order valence-corrected chi connectivity index (χ3v) is 8.06. The van der Waals surface area contributed by atoms with Gasteiger partial charge in [-0.25, -0.2) is 0 Å². The summed E-state index contributed by atoms with van der Waals surface area (Å²) in [4.78, 5) is 28.7. The summed E-state index contributed by atoms with van der Waals surface area (Å²) in [6.45, 7) is 9.82. The molecule has 0 aromatic heterocycles. The third kappa shape index (κ3) is 5.27. The molecule has 152 valence electrons. The maximum atomic E-state index is 12.6. The van der Waals surface area contributed by atoms with Crippen molar-refractivity contribution >= 4 is 35.3 Å². The fraction of sp³-hybridized carbons (Fsp3) is 0.778. The van der Waals surface area contributed by atoms with Crippen molar-refractivity contribution in [3.8, 4) is 0 Å². The van der Waals surface area contributed by atoms with Crippen molar-refractivity contribution < 1.29 is 24.2 Å². The summed E-state index contributed by atoms with van der Waals surface area (Å²) in [5.74, 6) is -3.05. The molecule has 0 radical (unpaired) electrons. The Morgan fingerprint density at radius 1 is 1.00 bits per heavy atom. The number of ketones is 1. The van der Waals surface area contributed by atoms with Crippen molar-refractivity contribution in [1.29, 1.82) is 0 Å². The number of allylic oxidation sites excluding steroid dienone is 1. The van der Waals surface area contributed by atoms with Gasteiger partial charge >= 0.3 is 0 Å². The molecular weight excluding hydrogens is 388 g/mol. The van der Waals surface area contributed by atoms with Crippen LogP contribution in [0.15, 0.2) is 10.3 Å². The molecule has 27 heavy (non-hydrogen) atoms. The summed E-state index contributed by atoms with van der Waals surface area (Å²) in [5, 5.41) is 11.8. The van der Waals surface area contributed by atoms with Crippen LogP contribution in [-0.2, 0) is 19.1 Å². The first kappa shape index (κ1) is 21.1. The summed E-state index contributed by atoms with van der Waals surface area (Å²) in [6, 6.07) is 0. The number of nitrogens with zero attached hydrogens (tertiary/aromatic N) is 2. The van der Waals surface area contributed by atoms with E-state index >= 15 is 0 Å². The van der Waals surface area contributed by atoms with E-state index in [1.807, 2.05) is 0 Å². The van der Waals surface area contributed by atoms with Gasteiger partial charge < -0.3 is 19.4 Å². The van der Waals surface area contributed by atoms with E-state index in [1.54, 1.807) is 37.4 Å². The Morgan fingerprint density at radius 3 is 1.81 bits per heavy atom. The van der Waals surface area contributed by atoms with Crippen molar-refractivity contribution in [1.82, 2.24) is 9.80 Å². The van der Waals surface area contributed by atoms with Gasteiger partial charge in [-0.1, -0.05) is 37.4 Å². The maximum Gasteiger partial charge on any atom is 0.166 e. The van der Waals surface area contributed by atoms with Crippen molar-refractivity contribution in [2.24, 2.45) is 11.8 Å². The van der Waals surface area contributed by atoms with Crippen LogP contribution in [0, 0.1) is 11.8 Å². The monoisotopic (exact) mass is 415 g/mol. The Hall–Kier alpha value is -0.580. The van der Waals surface area contributed by atoms with Crippen LogP contribution in [0.25, 0.3) is 0 Å². The second kappa shape index (κ2) is 9.76. The number of rotatable bonds is 6. The van der Waals surface area contributed by atoms with Gasteiger partial charge in [0.2, 0.25) is 0 Å². The van der Waals surface area contributed by atoms with E-state index in [9.17, 15) is 14.7 Å². The first-order chi connectivity index (χ1) is 13.0. The largest absolute Gasteiger partial charge is 0.549 e. The number of carboxylic acid groups (broad SMARTS) is 1. The zero-order chi connectivity index (χ0) is 19.4. The molecule has 7 nitrogen and oxygen atoms in total. The number of aliphatic carboxylic acids is 1. The molecule has 0 amide bonds. The van der Waals surface area contributed by atoms with Crippen LogP contribution in [0.5, 0.6) is 0 Å². The molecule has 0 aliphatic carbocycles. The SMILES string of the molecule is CC(C)C(C(=O)[O-])C(=O)C=C1SC(N2CCOCC2)C(N2CCOCC2)S1. The third-order valence-electron chi connectivity index (χ3n) is 5.02. The van der Waals surface area contributed by atoms with Crippen LogP contribution in [-0.4, -0.2) is 84.9 Å². The lowest BCUT2D eigenvalue weighted by Crippen LogP contribution is -2.52. The van der Waals surface area contributed by atoms with Gasteiger partial charge in [-0.15, -0.1) is 0 Å². The highest BCUT2D eigenvalue weighted by molar-refractivity contribution is 8.25. The van der Waals surface area contributed by atoms with Gasteiger partial charge in [0.05, 0.1) is 49.1 Å². The molecule has 3 heterocycles. The van der Waals surface area contributed by atoms with Gasteiger partial charge in [-0.3, -0.25) is 14.6 Å². The molecule has 3 aliphatic rings. The van der Waals surface area contributed by atoms with Gasteiger partial charge in [-0.05, 0) is 5.92 Å². The summed E-state index contributed by atoms with van der Waals surface area (Å²) in [7, 11) is 0. The molecule has 3 atom stereocenters. The van der Waals surface area contributed by atoms with Gasteiger partial charge in [0.25, 0.3) is 0 Å². The average molecular weight is 416 g/mol. The number of morpholine rings is 2. The minimum atomic E-state index is -1.30. The van der Waals surface area contributed by atoms with Crippen LogP contribution in [0.4, 0.5) is 0 Å². The number of hydrogen-bond donors (Lipinski definition) is 0. The number of carbonyl (C=O) groups is 2. The number of carbonyl (C=O) groups excluding carboxylic acids is 2. The minimum Gasteiger partial charge on any atom is -0.549 e. The van der Waals surface area contributed by atoms with E-state index in [0.717, 1.165) is 56.8 Å². The molecule has 0 N–H and O–H groups in total. The molecule has 3 fully saturated rings. The smallest absolute Gasteiger partial charge is 0.166 e. The van der Waals surface area contributed by atoms with E-state index in [-0.39, 0.29) is 22.4 Å². The molecule has 3 saturated heterocycles. The lowest BCUT2D eigenvalue weighted by atomic mass is 9.92. The molecule has 3 unspecified atom stereocenters. The molecule has 9 heteroatoms. The zero-order valence-corrected chi connectivity index (χ0v) is 17.4. The lowest BCUT2D eigenvalue weighted by molar-refractivity contribution is -0.311. The minimum absolute atomic E-state index is 0.219. The Morgan fingerprint density at radius 2 is 1.44 bits per heavy atom. The van der Waals surface area contributed by atoms with Crippen molar-refractivity contribution in [3.63, 3.8) is 0 Å². The van der Waals surface area contributed by atoms with Crippen LogP contribution in [0.3, 0.4) is 0 Å². The van der Waals surface area contributed by atoms with Gasteiger partial charge in [0.15, 0.2) is 5.78 Å². The molecular formula is C18H27N2O5S2-. The molecule has 0 aromatic carbocycles. The number of carboxylic acids is 1. The fourth-order valence-corrected chi connectivity index (χ4v) is 6.84. The van der Waals surface area contributed by atoms with Crippen LogP contribution >= 0.6 is 23.5 Å². The van der Waals surface area contributed by atoms with E-state index in [4.69, 9.17) is 9.47 Å². The van der Waals surface area contributed by atoms with Crippen molar-refractivity contribution in [2.45, 2.75) is 24.6 Å². The normalized spacial score (nSPS) is 29.1. The van der Waals surface area contributed by atoms with E-state index in [1.165, 1.54) is 6.08 Å². The quantitative estimate of drug-likeness (QED) is 0.447. The van der Waals surface area contributed by atoms with E-state index < -0.39 is 11.9 Å². The molecule has 0 spiro atoms.